The molecule has 0 spiro atoms. The first-order valence-corrected chi connectivity index (χ1v) is 13.9. The fraction of sp³-hybridized carbons (Fsp3) is 0.355. The van der Waals surface area contributed by atoms with Crippen LogP contribution in [-0.4, -0.2) is 55.1 Å². The predicted octanol–water partition coefficient (Wildman–Crippen LogP) is 5.93. The van der Waals surface area contributed by atoms with E-state index >= 15 is 0 Å². The molecule has 2 aromatic carbocycles. The number of fused-ring (bicyclic) bond motifs is 1. The molecular formula is C31H36ClN5O. The summed E-state index contributed by atoms with van der Waals surface area (Å²) in [6.45, 7) is 4.03. The summed E-state index contributed by atoms with van der Waals surface area (Å²) in [6.07, 6.45) is 8.27. The summed E-state index contributed by atoms with van der Waals surface area (Å²) in [4.78, 5) is 18.4. The second-order valence-corrected chi connectivity index (χ2v) is 10.5. The standard InChI is InChI=1S/C25H23ClN4O.C6H13N/c1-29-24(18-5-7-20(8-6-18)30-13-11-27-12-14-30)22(19-4-2-3-17(15-19)16-31)23-21(26)9-10-28-25(23)29;1-7-6-4-2-3-5-6/h2-10,15-16,27H,11-14H2,1H3;6-7H,2-5H2,1H3. The normalized spacial score (nSPS) is 15.9. The molecular weight excluding hydrogens is 494 g/mol. The fourth-order valence-corrected chi connectivity index (χ4v) is 5.90. The van der Waals surface area contributed by atoms with E-state index in [1.165, 1.54) is 31.4 Å². The third kappa shape index (κ3) is 5.48. The molecule has 0 bridgehead atoms. The molecule has 1 aliphatic carbocycles. The molecule has 6 rings (SSSR count). The average Bonchev–Trinajstić information content (AvgIpc) is 3.61. The van der Waals surface area contributed by atoms with E-state index in [9.17, 15) is 4.79 Å². The Labute approximate surface area is 230 Å². The number of aromatic nitrogens is 2. The van der Waals surface area contributed by atoms with Crippen molar-refractivity contribution < 1.29 is 4.79 Å². The lowest BCUT2D eigenvalue weighted by molar-refractivity contribution is 0.112. The summed E-state index contributed by atoms with van der Waals surface area (Å²) in [6, 6.07) is 19.0. The minimum atomic E-state index is 0.634. The Balaban J connectivity index is 0.000000366. The molecule has 2 aromatic heterocycles. The summed E-state index contributed by atoms with van der Waals surface area (Å²) >= 11 is 6.65. The lowest BCUT2D eigenvalue weighted by atomic mass is 9.97. The van der Waals surface area contributed by atoms with Crippen LogP contribution in [-0.2, 0) is 7.05 Å². The molecule has 1 aliphatic heterocycles. The zero-order chi connectivity index (χ0) is 26.5. The minimum absolute atomic E-state index is 0.634. The second kappa shape index (κ2) is 12.1. The Morgan fingerprint density at radius 1 is 1.03 bits per heavy atom. The first kappa shape index (κ1) is 26.4. The van der Waals surface area contributed by atoms with Crippen LogP contribution < -0.4 is 15.5 Å². The number of pyridine rings is 1. The topological polar surface area (TPSA) is 62.2 Å². The summed E-state index contributed by atoms with van der Waals surface area (Å²) in [5, 5.41) is 8.21. The van der Waals surface area contributed by atoms with Gasteiger partial charge in [-0.05, 0) is 55.3 Å². The maximum atomic E-state index is 11.4. The van der Waals surface area contributed by atoms with Crippen LogP contribution in [0.3, 0.4) is 0 Å². The number of hydrogen-bond donors (Lipinski definition) is 2. The Hall–Kier alpha value is -3.19. The third-order valence-electron chi connectivity index (χ3n) is 7.72. The van der Waals surface area contributed by atoms with Crippen LogP contribution in [0.1, 0.15) is 36.0 Å². The van der Waals surface area contributed by atoms with E-state index in [1.54, 1.807) is 6.20 Å². The monoisotopic (exact) mass is 529 g/mol. The van der Waals surface area contributed by atoms with Crippen molar-refractivity contribution in [1.82, 2.24) is 20.2 Å². The van der Waals surface area contributed by atoms with Crippen LogP contribution in [0.2, 0.25) is 5.02 Å². The van der Waals surface area contributed by atoms with Crippen molar-refractivity contribution in [3.05, 3.63) is 71.4 Å². The molecule has 0 atom stereocenters. The van der Waals surface area contributed by atoms with Gasteiger partial charge in [-0.15, -0.1) is 0 Å². The van der Waals surface area contributed by atoms with E-state index in [-0.39, 0.29) is 0 Å². The number of nitrogens with zero attached hydrogens (tertiary/aromatic N) is 3. The number of hydrogen-bond acceptors (Lipinski definition) is 5. The van der Waals surface area contributed by atoms with Crippen molar-refractivity contribution >= 4 is 34.6 Å². The highest BCUT2D eigenvalue weighted by molar-refractivity contribution is 6.37. The lowest BCUT2D eigenvalue weighted by Crippen LogP contribution is -2.43. The molecule has 7 heteroatoms. The molecule has 2 aliphatic rings. The van der Waals surface area contributed by atoms with Crippen LogP contribution in [0.15, 0.2) is 60.8 Å². The summed E-state index contributed by atoms with van der Waals surface area (Å²) in [7, 11) is 4.06. The number of aldehydes is 1. The number of aryl methyl sites for hydroxylation is 1. The van der Waals surface area contributed by atoms with E-state index in [0.29, 0.717) is 10.6 Å². The van der Waals surface area contributed by atoms with Gasteiger partial charge in [0, 0.05) is 67.7 Å². The molecule has 2 N–H and O–H groups in total. The maximum absolute atomic E-state index is 11.4. The van der Waals surface area contributed by atoms with Crippen LogP contribution >= 0.6 is 11.6 Å². The van der Waals surface area contributed by atoms with Gasteiger partial charge in [0.1, 0.15) is 11.9 Å². The van der Waals surface area contributed by atoms with Gasteiger partial charge in [0.25, 0.3) is 0 Å². The minimum Gasteiger partial charge on any atom is -0.369 e. The van der Waals surface area contributed by atoms with Crippen molar-refractivity contribution in [1.29, 1.82) is 0 Å². The highest BCUT2D eigenvalue weighted by Gasteiger charge is 2.22. The molecule has 0 unspecified atom stereocenters. The first-order valence-electron chi connectivity index (χ1n) is 13.5. The Morgan fingerprint density at radius 3 is 2.42 bits per heavy atom. The van der Waals surface area contributed by atoms with Crippen molar-refractivity contribution in [2.45, 2.75) is 31.7 Å². The number of nitrogens with one attached hydrogen (secondary N) is 2. The maximum Gasteiger partial charge on any atom is 0.150 e. The number of anilines is 1. The van der Waals surface area contributed by atoms with Gasteiger partial charge in [0.15, 0.2) is 0 Å². The van der Waals surface area contributed by atoms with E-state index in [4.69, 9.17) is 11.6 Å². The number of rotatable bonds is 5. The number of carbonyl (C=O) groups is 1. The molecule has 1 saturated carbocycles. The fourth-order valence-electron chi connectivity index (χ4n) is 5.66. The van der Waals surface area contributed by atoms with Crippen LogP contribution in [0.4, 0.5) is 5.69 Å². The summed E-state index contributed by atoms with van der Waals surface area (Å²) < 4.78 is 2.09. The second-order valence-electron chi connectivity index (χ2n) is 10.1. The van der Waals surface area contributed by atoms with Gasteiger partial charge in [-0.3, -0.25) is 4.79 Å². The van der Waals surface area contributed by atoms with Gasteiger partial charge in [-0.1, -0.05) is 54.8 Å². The highest BCUT2D eigenvalue weighted by Crippen LogP contribution is 2.42. The van der Waals surface area contributed by atoms with E-state index in [0.717, 1.165) is 71.9 Å². The van der Waals surface area contributed by atoms with Crippen LogP contribution in [0.25, 0.3) is 33.4 Å². The smallest absolute Gasteiger partial charge is 0.150 e. The zero-order valence-corrected chi connectivity index (χ0v) is 23.0. The largest absolute Gasteiger partial charge is 0.369 e. The zero-order valence-electron chi connectivity index (χ0n) is 22.2. The van der Waals surface area contributed by atoms with Crippen molar-refractivity contribution in [3.8, 4) is 22.4 Å². The van der Waals surface area contributed by atoms with Gasteiger partial charge in [-0.25, -0.2) is 4.98 Å². The van der Waals surface area contributed by atoms with Crippen molar-refractivity contribution in [3.63, 3.8) is 0 Å². The number of piperazine rings is 1. The SMILES string of the molecule is CNC1CCCC1.Cn1c(-c2ccc(N3CCNCC3)cc2)c(-c2cccc(C=O)c2)c2c(Cl)ccnc21. The molecule has 6 nitrogen and oxygen atoms in total. The molecule has 1 saturated heterocycles. The Morgan fingerprint density at radius 2 is 1.76 bits per heavy atom. The molecule has 198 valence electrons. The lowest BCUT2D eigenvalue weighted by Gasteiger charge is -2.29. The van der Waals surface area contributed by atoms with E-state index in [1.807, 2.05) is 37.4 Å². The van der Waals surface area contributed by atoms with Crippen molar-refractivity contribution in [2.75, 3.05) is 38.1 Å². The molecule has 0 amide bonds. The number of carbonyl (C=O) groups excluding carboxylic acids is 1. The summed E-state index contributed by atoms with van der Waals surface area (Å²) in [5.41, 5.74) is 6.74. The first-order chi connectivity index (χ1) is 18.6. The molecule has 38 heavy (non-hydrogen) atoms. The highest BCUT2D eigenvalue weighted by atomic mass is 35.5. The average molecular weight is 530 g/mol. The number of benzene rings is 2. The van der Waals surface area contributed by atoms with Crippen molar-refractivity contribution in [2.24, 2.45) is 7.05 Å². The number of halogens is 1. The third-order valence-corrected chi connectivity index (χ3v) is 8.03. The molecule has 3 heterocycles. The van der Waals surface area contributed by atoms with Gasteiger partial charge in [0.2, 0.25) is 0 Å². The van der Waals surface area contributed by atoms with Gasteiger partial charge < -0.3 is 20.1 Å². The van der Waals surface area contributed by atoms with Gasteiger partial charge in [-0.2, -0.15) is 0 Å². The Bertz CT molecular complexity index is 1390. The molecule has 4 aromatic rings. The Kier molecular flexibility index (Phi) is 8.42. The molecule has 0 radical (unpaired) electrons. The van der Waals surface area contributed by atoms with Gasteiger partial charge >= 0.3 is 0 Å². The van der Waals surface area contributed by atoms with E-state index < -0.39 is 0 Å². The van der Waals surface area contributed by atoms with E-state index in [2.05, 4.69) is 56.4 Å². The molecule has 2 fully saturated rings. The van der Waals surface area contributed by atoms with Gasteiger partial charge in [0.05, 0.1) is 10.7 Å². The van der Waals surface area contributed by atoms with Crippen LogP contribution in [0, 0.1) is 0 Å². The quantitative estimate of drug-likeness (QED) is 0.314. The summed E-state index contributed by atoms with van der Waals surface area (Å²) in [5.74, 6) is 0. The van der Waals surface area contributed by atoms with Crippen LogP contribution in [0.5, 0.6) is 0 Å². The predicted molar refractivity (Wildman–Crippen MR) is 158 cm³/mol.